The van der Waals surface area contributed by atoms with Crippen molar-refractivity contribution in [1.82, 2.24) is 29.3 Å². The van der Waals surface area contributed by atoms with Gasteiger partial charge >= 0.3 is 0 Å². The first kappa shape index (κ1) is 19.0. The second-order valence-corrected chi connectivity index (χ2v) is 8.08. The van der Waals surface area contributed by atoms with Gasteiger partial charge in [-0.25, -0.2) is 28.4 Å². The number of aromatic nitrogens is 6. The Balaban J connectivity index is 1.53. The highest BCUT2D eigenvalue weighted by Crippen LogP contribution is 2.37. The van der Waals surface area contributed by atoms with Crippen LogP contribution in [0.4, 0.5) is 14.6 Å². The molecule has 1 saturated heterocycles. The Morgan fingerprint density at radius 1 is 1.17 bits per heavy atom. The van der Waals surface area contributed by atoms with Crippen LogP contribution in [0.3, 0.4) is 0 Å². The van der Waals surface area contributed by atoms with Crippen molar-refractivity contribution in [2.24, 2.45) is 0 Å². The van der Waals surface area contributed by atoms with Gasteiger partial charge in [-0.05, 0) is 20.8 Å². The number of pyridine rings is 1. The molecule has 2 aliphatic heterocycles. The summed E-state index contributed by atoms with van der Waals surface area (Å²) in [6.45, 7) is 6.99. The number of halogens is 2. The van der Waals surface area contributed by atoms with Crippen LogP contribution in [0, 0.1) is 6.92 Å². The highest BCUT2D eigenvalue weighted by Gasteiger charge is 2.39. The molecule has 0 atom stereocenters. The number of nitrogens with zero attached hydrogens (tertiary/aromatic N) is 7. The minimum atomic E-state index is -2.68. The van der Waals surface area contributed by atoms with Gasteiger partial charge in [-0.1, -0.05) is 0 Å². The van der Waals surface area contributed by atoms with Crippen LogP contribution in [0.15, 0.2) is 18.5 Å². The van der Waals surface area contributed by atoms with Crippen LogP contribution in [0.2, 0.25) is 0 Å². The minimum Gasteiger partial charge on any atom is -0.491 e. The molecule has 5 heterocycles. The summed E-state index contributed by atoms with van der Waals surface area (Å²) in [5.74, 6) is 0.562. The van der Waals surface area contributed by atoms with Crippen molar-refractivity contribution in [3.63, 3.8) is 0 Å². The van der Waals surface area contributed by atoms with E-state index in [4.69, 9.17) is 9.72 Å². The maximum atomic E-state index is 13.6. The Morgan fingerprint density at radius 3 is 2.73 bits per heavy atom. The van der Waals surface area contributed by atoms with Gasteiger partial charge in [-0.15, -0.1) is 0 Å². The number of aryl methyl sites for hydroxylation is 1. The van der Waals surface area contributed by atoms with Crippen LogP contribution in [0.5, 0.6) is 5.75 Å². The molecule has 3 aromatic heterocycles. The Morgan fingerprint density at radius 2 is 2.00 bits per heavy atom. The highest BCUT2D eigenvalue weighted by molar-refractivity contribution is 5.69. The summed E-state index contributed by atoms with van der Waals surface area (Å²) in [5, 5.41) is 4.48. The highest BCUT2D eigenvalue weighted by atomic mass is 19.3. The summed E-state index contributed by atoms with van der Waals surface area (Å²) < 4.78 is 37.0. The standard InChI is InChI=1S/C20H23F2N7O/c1-12(2)29-19(24-13(3)26-29)15-10-27-6-7-30-16-8-17(23-9-14(16)18(27)25-15)28-5-4-20(21,22)11-28/h8-10,12H,4-7,11H2,1-3H3. The summed E-state index contributed by atoms with van der Waals surface area (Å²) in [6, 6.07) is 1.89. The van der Waals surface area contributed by atoms with Crippen LogP contribution in [0.25, 0.3) is 22.9 Å². The summed E-state index contributed by atoms with van der Waals surface area (Å²) >= 11 is 0. The summed E-state index contributed by atoms with van der Waals surface area (Å²) in [4.78, 5) is 15.4. The molecule has 0 bridgehead atoms. The smallest absolute Gasteiger partial charge is 0.266 e. The van der Waals surface area contributed by atoms with Crippen molar-refractivity contribution in [2.45, 2.75) is 45.7 Å². The number of imidazole rings is 1. The number of hydrogen-bond acceptors (Lipinski definition) is 6. The maximum absolute atomic E-state index is 13.6. The van der Waals surface area contributed by atoms with Crippen molar-refractivity contribution < 1.29 is 13.5 Å². The van der Waals surface area contributed by atoms with Gasteiger partial charge in [0.1, 0.15) is 35.5 Å². The van der Waals surface area contributed by atoms with E-state index in [0.29, 0.717) is 30.5 Å². The van der Waals surface area contributed by atoms with E-state index in [1.807, 2.05) is 22.4 Å². The molecule has 10 heteroatoms. The first-order valence-corrected chi connectivity index (χ1v) is 10.1. The number of hydrogen-bond donors (Lipinski definition) is 0. The summed E-state index contributed by atoms with van der Waals surface area (Å²) in [6.07, 6.45) is 3.45. The molecule has 3 aromatic rings. The zero-order chi connectivity index (χ0) is 21.0. The quantitative estimate of drug-likeness (QED) is 0.653. The van der Waals surface area contributed by atoms with Gasteiger partial charge in [-0.3, -0.25) is 0 Å². The molecule has 0 saturated carbocycles. The van der Waals surface area contributed by atoms with Crippen molar-refractivity contribution in [3.05, 3.63) is 24.3 Å². The fraction of sp³-hybridized carbons (Fsp3) is 0.500. The molecule has 8 nitrogen and oxygen atoms in total. The van der Waals surface area contributed by atoms with E-state index in [9.17, 15) is 8.78 Å². The molecule has 2 aliphatic rings. The molecule has 0 aromatic carbocycles. The Labute approximate surface area is 172 Å². The normalized spacial score (nSPS) is 17.6. The fourth-order valence-electron chi connectivity index (χ4n) is 3.95. The van der Waals surface area contributed by atoms with Crippen molar-refractivity contribution in [1.29, 1.82) is 0 Å². The topological polar surface area (TPSA) is 73.9 Å². The monoisotopic (exact) mass is 415 g/mol. The molecule has 0 spiro atoms. The van der Waals surface area contributed by atoms with Crippen molar-refractivity contribution >= 4 is 5.82 Å². The molecule has 0 amide bonds. The molecule has 0 aliphatic carbocycles. The summed E-state index contributed by atoms with van der Waals surface area (Å²) in [7, 11) is 0. The molecule has 0 radical (unpaired) electrons. The Bertz CT molecular complexity index is 1100. The fourth-order valence-corrected chi connectivity index (χ4v) is 3.95. The molecule has 1 fully saturated rings. The van der Waals surface area contributed by atoms with Crippen LogP contribution < -0.4 is 9.64 Å². The lowest BCUT2D eigenvalue weighted by atomic mass is 10.2. The third kappa shape index (κ3) is 3.20. The average molecular weight is 415 g/mol. The van der Waals surface area contributed by atoms with E-state index in [-0.39, 0.29) is 25.6 Å². The number of rotatable bonds is 3. The maximum Gasteiger partial charge on any atom is 0.266 e. The van der Waals surface area contributed by atoms with Gasteiger partial charge in [0.2, 0.25) is 0 Å². The Kier molecular flexibility index (Phi) is 4.26. The van der Waals surface area contributed by atoms with Gasteiger partial charge in [0.25, 0.3) is 5.92 Å². The third-order valence-electron chi connectivity index (χ3n) is 5.41. The number of fused-ring (bicyclic) bond motifs is 3. The van der Waals surface area contributed by atoms with Crippen molar-refractivity contribution in [3.8, 4) is 28.7 Å². The van der Waals surface area contributed by atoms with Crippen molar-refractivity contribution in [2.75, 3.05) is 24.6 Å². The lowest BCUT2D eigenvalue weighted by molar-refractivity contribution is 0.0256. The predicted molar refractivity (Wildman–Crippen MR) is 107 cm³/mol. The first-order chi connectivity index (χ1) is 14.3. The third-order valence-corrected chi connectivity index (χ3v) is 5.41. The van der Waals surface area contributed by atoms with Gasteiger partial charge in [0.05, 0.1) is 18.7 Å². The summed E-state index contributed by atoms with van der Waals surface area (Å²) in [5.41, 5.74) is 1.47. The number of anilines is 1. The lowest BCUT2D eigenvalue weighted by Crippen LogP contribution is -2.25. The zero-order valence-electron chi connectivity index (χ0n) is 17.1. The second kappa shape index (κ2) is 6.75. The molecule has 30 heavy (non-hydrogen) atoms. The van der Waals surface area contributed by atoms with E-state index in [0.717, 1.165) is 22.9 Å². The predicted octanol–water partition coefficient (Wildman–Crippen LogP) is 3.33. The number of alkyl halides is 2. The second-order valence-electron chi connectivity index (χ2n) is 8.08. The average Bonchev–Trinajstić information content (AvgIpc) is 3.36. The van der Waals surface area contributed by atoms with Crippen LogP contribution in [0.1, 0.15) is 32.1 Å². The van der Waals surface area contributed by atoms with Gasteiger partial charge in [-0.2, -0.15) is 5.10 Å². The molecular formula is C20H23F2N7O. The van der Waals surface area contributed by atoms with Crippen LogP contribution >= 0.6 is 0 Å². The minimum absolute atomic E-state index is 0.154. The van der Waals surface area contributed by atoms with E-state index >= 15 is 0 Å². The number of ether oxygens (including phenoxy) is 1. The molecule has 5 rings (SSSR count). The molecular weight excluding hydrogens is 392 g/mol. The van der Waals surface area contributed by atoms with Crippen LogP contribution in [-0.2, 0) is 6.54 Å². The molecule has 0 N–H and O–H groups in total. The van der Waals surface area contributed by atoms with E-state index in [1.165, 1.54) is 0 Å². The van der Waals surface area contributed by atoms with Gasteiger partial charge in [0.15, 0.2) is 5.82 Å². The molecule has 0 unspecified atom stereocenters. The van der Waals surface area contributed by atoms with Gasteiger partial charge in [0, 0.05) is 37.5 Å². The lowest BCUT2D eigenvalue weighted by Gasteiger charge is -2.18. The Hall–Kier alpha value is -3.04. The SMILES string of the molecule is Cc1nc(-c2cn3c(n2)-c2cnc(N4CCC(F)(F)C4)cc2OCC3)n(C(C)C)n1. The van der Waals surface area contributed by atoms with Gasteiger partial charge < -0.3 is 14.2 Å². The van der Waals surface area contributed by atoms with E-state index in [1.54, 1.807) is 17.2 Å². The first-order valence-electron chi connectivity index (χ1n) is 10.1. The largest absolute Gasteiger partial charge is 0.491 e. The zero-order valence-corrected chi connectivity index (χ0v) is 17.1. The van der Waals surface area contributed by atoms with Crippen LogP contribution in [-0.4, -0.2) is 54.9 Å². The molecule has 158 valence electrons. The van der Waals surface area contributed by atoms with E-state index in [2.05, 4.69) is 28.9 Å². The van der Waals surface area contributed by atoms with E-state index < -0.39 is 5.92 Å².